The summed E-state index contributed by atoms with van der Waals surface area (Å²) in [5.41, 5.74) is 1.79. The number of fused-ring (bicyclic) bond motifs is 1. The van der Waals surface area contributed by atoms with Crippen LogP contribution in [-0.2, 0) is 4.74 Å². The first-order valence-electron chi connectivity index (χ1n) is 8.60. The molecule has 1 amide bonds. The number of nitrogens with zero attached hydrogens (tertiary/aromatic N) is 3. The second kappa shape index (κ2) is 7.03. The lowest BCUT2D eigenvalue weighted by Crippen LogP contribution is -2.37. The Hall–Kier alpha value is -1.87. The Morgan fingerprint density at radius 1 is 1.38 bits per heavy atom. The van der Waals surface area contributed by atoms with E-state index in [1.54, 1.807) is 6.92 Å². The average Bonchev–Trinajstić information content (AvgIpc) is 2.84. The van der Waals surface area contributed by atoms with Crippen LogP contribution < -0.4 is 4.90 Å². The summed E-state index contributed by atoms with van der Waals surface area (Å²) in [6.07, 6.45) is -7.68. The van der Waals surface area contributed by atoms with Gasteiger partial charge in [0, 0.05) is 19.6 Å². The van der Waals surface area contributed by atoms with Crippen LogP contribution in [0.5, 0.6) is 0 Å². The molecule has 2 atom stereocenters. The van der Waals surface area contributed by atoms with Gasteiger partial charge in [0.15, 0.2) is 6.10 Å². The number of carbonyl (C=O) groups excluding carboxylic acids is 1. The van der Waals surface area contributed by atoms with Crippen LogP contribution in [0.3, 0.4) is 0 Å². The van der Waals surface area contributed by atoms with Crippen LogP contribution in [0, 0.1) is 6.92 Å². The molecular formula is C17H22F3N3O3. The Kier molecular flexibility index (Phi) is 5.12. The first-order chi connectivity index (χ1) is 12.2. The second-order valence-electron chi connectivity index (χ2n) is 6.68. The van der Waals surface area contributed by atoms with Gasteiger partial charge in [-0.2, -0.15) is 13.2 Å². The summed E-state index contributed by atoms with van der Waals surface area (Å²) in [5, 5.41) is 9.21. The molecule has 9 heteroatoms. The van der Waals surface area contributed by atoms with E-state index in [1.807, 2.05) is 13.0 Å². The average molecular weight is 373 g/mol. The molecule has 1 fully saturated rings. The minimum absolute atomic E-state index is 0.177. The number of rotatable bonds is 4. The third-order valence-corrected chi connectivity index (χ3v) is 4.93. The number of carbonyl (C=O) groups is 1. The summed E-state index contributed by atoms with van der Waals surface area (Å²) in [7, 11) is 0. The van der Waals surface area contributed by atoms with E-state index >= 15 is 0 Å². The molecule has 1 N–H and O–H groups in total. The van der Waals surface area contributed by atoms with Crippen molar-refractivity contribution in [1.82, 2.24) is 9.88 Å². The van der Waals surface area contributed by atoms with E-state index in [4.69, 9.17) is 4.74 Å². The summed E-state index contributed by atoms with van der Waals surface area (Å²) in [6.45, 7) is 6.00. The van der Waals surface area contributed by atoms with E-state index in [9.17, 15) is 23.1 Å². The number of alkyl halides is 3. The zero-order chi connectivity index (χ0) is 19.1. The molecule has 3 rings (SSSR count). The molecule has 0 bridgehead atoms. The number of pyridine rings is 1. The van der Waals surface area contributed by atoms with Crippen LogP contribution in [0.2, 0.25) is 0 Å². The van der Waals surface area contributed by atoms with Crippen molar-refractivity contribution in [3.05, 3.63) is 22.9 Å². The number of amides is 1. The van der Waals surface area contributed by atoms with Crippen molar-refractivity contribution in [3.63, 3.8) is 0 Å². The molecule has 1 aromatic heterocycles. The van der Waals surface area contributed by atoms with Crippen molar-refractivity contribution in [2.24, 2.45) is 0 Å². The van der Waals surface area contributed by atoms with Crippen LogP contribution in [0.4, 0.5) is 19.0 Å². The quantitative estimate of drug-likeness (QED) is 0.875. The monoisotopic (exact) mass is 373 g/mol. The zero-order valence-corrected chi connectivity index (χ0v) is 14.7. The fourth-order valence-corrected chi connectivity index (χ4v) is 3.40. The summed E-state index contributed by atoms with van der Waals surface area (Å²) in [6, 6.07) is 1.40. The number of ether oxygens (including phenoxy) is 1. The van der Waals surface area contributed by atoms with Gasteiger partial charge in [0.05, 0.1) is 30.5 Å². The van der Waals surface area contributed by atoms with Crippen molar-refractivity contribution in [2.45, 2.75) is 38.6 Å². The number of anilines is 1. The molecular weight excluding hydrogens is 351 g/mol. The Morgan fingerprint density at radius 2 is 2.04 bits per heavy atom. The number of aryl methyl sites for hydroxylation is 1. The molecule has 26 heavy (non-hydrogen) atoms. The smallest absolute Gasteiger partial charge is 0.384 e. The van der Waals surface area contributed by atoms with Crippen molar-refractivity contribution in [2.75, 3.05) is 37.7 Å². The number of aliphatic hydroxyl groups is 1. The van der Waals surface area contributed by atoms with Crippen molar-refractivity contribution in [1.29, 1.82) is 0 Å². The van der Waals surface area contributed by atoms with Crippen molar-refractivity contribution in [3.8, 4) is 0 Å². The van der Waals surface area contributed by atoms with Crippen LogP contribution >= 0.6 is 0 Å². The summed E-state index contributed by atoms with van der Waals surface area (Å²) in [5.74, 6) is 0.418. The van der Waals surface area contributed by atoms with E-state index in [-0.39, 0.29) is 12.5 Å². The molecule has 0 radical (unpaired) electrons. The molecule has 0 spiro atoms. The Morgan fingerprint density at radius 3 is 2.65 bits per heavy atom. The van der Waals surface area contributed by atoms with Gasteiger partial charge in [0.2, 0.25) is 0 Å². The maximum absolute atomic E-state index is 12.7. The normalized spacial score (nSPS) is 21.9. The van der Waals surface area contributed by atoms with Gasteiger partial charge in [-0.05, 0) is 31.9 Å². The topological polar surface area (TPSA) is 65.9 Å². The predicted molar refractivity (Wildman–Crippen MR) is 88.1 cm³/mol. The SMILES string of the molecule is Cc1cc(N2CCOCC2)nc2c1C(=O)N(CCC(O)C(F)(F)F)C2C. The molecule has 0 saturated carbocycles. The van der Waals surface area contributed by atoms with Crippen molar-refractivity contribution < 1.29 is 27.8 Å². The summed E-state index contributed by atoms with van der Waals surface area (Å²) >= 11 is 0. The van der Waals surface area contributed by atoms with E-state index < -0.39 is 24.7 Å². The lowest BCUT2D eigenvalue weighted by molar-refractivity contribution is -0.206. The number of hydrogen-bond donors (Lipinski definition) is 1. The van der Waals surface area contributed by atoms with Gasteiger partial charge in [0.1, 0.15) is 5.82 Å². The molecule has 6 nitrogen and oxygen atoms in total. The van der Waals surface area contributed by atoms with Gasteiger partial charge in [-0.15, -0.1) is 0 Å². The standard InChI is InChI=1S/C17H22F3N3O3/c1-10-9-13(22-5-7-26-8-6-22)21-15-11(2)23(16(25)14(10)15)4-3-12(24)17(18,19)20/h9,11-12,24H,3-8H2,1-2H3. The molecule has 3 heterocycles. The number of aromatic nitrogens is 1. The van der Waals surface area contributed by atoms with Crippen LogP contribution in [0.25, 0.3) is 0 Å². The molecule has 2 unspecified atom stereocenters. The molecule has 0 aliphatic carbocycles. The molecule has 2 aliphatic rings. The van der Waals surface area contributed by atoms with E-state index in [1.165, 1.54) is 4.90 Å². The van der Waals surface area contributed by atoms with Gasteiger partial charge in [0.25, 0.3) is 5.91 Å². The van der Waals surface area contributed by atoms with Gasteiger partial charge >= 0.3 is 6.18 Å². The maximum atomic E-state index is 12.7. The van der Waals surface area contributed by atoms with Crippen molar-refractivity contribution >= 4 is 11.7 Å². The highest BCUT2D eigenvalue weighted by Crippen LogP contribution is 2.36. The maximum Gasteiger partial charge on any atom is 0.414 e. The minimum atomic E-state index is -4.68. The third-order valence-electron chi connectivity index (χ3n) is 4.93. The molecule has 0 aromatic carbocycles. The van der Waals surface area contributed by atoms with Gasteiger partial charge in [-0.25, -0.2) is 4.98 Å². The number of aliphatic hydroxyl groups excluding tert-OH is 1. The highest BCUT2D eigenvalue weighted by Gasteiger charge is 2.41. The molecule has 1 saturated heterocycles. The number of halogens is 3. The first kappa shape index (κ1) is 18.9. The predicted octanol–water partition coefficient (Wildman–Crippen LogP) is 2.06. The highest BCUT2D eigenvalue weighted by molar-refractivity contribution is 6.00. The Balaban J connectivity index is 1.80. The van der Waals surface area contributed by atoms with Crippen LogP contribution in [0.1, 0.15) is 41.0 Å². The van der Waals surface area contributed by atoms with Gasteiger partial charge < -0.3 is 19.6 Å². The Bertz CT molecular complexity index is 690. The van der Waals surface area contributed by atoms with Crippen LogP contribution in [0.15, 0.2) is 6.07 Å². The van der Waals surface area contributed by atoms with E-state index in [0.717, 1.165) is 11.4 Å². The van der Waals surface area contributed by atoms with Gasteiger partial charge in [-0.3, -0.25) is 4.79 Å². The van der Waals surface area contributed by atoms with Gasteiger partial charge in [-0.1, -0.05) is 0 Å². The molecule has 1 aromatic rings. The largest absolute Gasteiger partial charge is 0.414 e. The molecule has 144 valence electrons. The Labute approximate surface area is 149 Å². The minimum Gasteiger partial charge on any atom is -0.384 e. The van der Waals surface area contributed by atoms with Crippen LogP contribution in [-0.4, -0.2) is 66.0 Å². The van der Waals surface area contributed by atoms with E-state index in [0.29, 0.717) is 37.6 Å². The fourth-order valence-electron chi connectivity index (χ4n) is 3.40. The lowest BCUT2D eigenvalue weighted by Gasteiger charge is -2.28. The summed E-state index contributed by atoms with van der Waals surface area (Å²) in [4.78, 5) is 20.7. The number of morpholine rings is 1. The highest BCUT2D eigenvalue weighted by atomic mass is 19.4. The van der Waals surface area contributed by atoms with E-state index in [2.05, 4.69) is 9.88 Å². The third kappa shape index (κ3) is 3.50. The molecule has 2 aliphatic heterocycles. The first-order valence-corrected chi connectivity index (χ1v) is 8.60. The second-order valence-corrected chi connectivity index (χ2v) is 6.68. The fraction of sp³-hybridized carbons (Fsp3) is 0.647. The zero-order valence-electron chi connectivity index (χ0n) is 14.7. The lowest BCUT2D eigenvalue weighted by atomic mass is 10.1. The summed E-state index contributed by atoms with van der Waals surface area (Å²) < 4.78 is 42.9. The number of hydrogen-bond acceptors (Lipinski definition) is 5.